The van der Waals surface area contributed by atoms with E-state index >= 15 is 0 Å². The topological polar surface area (TPSA) is 55.6 Å². The Morgan fingerprint density at radius 2 is 1.46 bits per heavy atom. The van der Waals surface area contributed by atoms with Gasteiger partial charge in [0.05, 0.1) is 6.17 Å². The second-order valence-corrected chi connectivity index (χ2v) is 9.48. The van der Waals surface area contributed by atoms with E-state index in [1.54, 1.807) is 0 Å². The number of nitrogens with two attached hydrogens (primary N) is 1. The van der Waals surface area contributed by atoms with Crippen LogP contribution in [0.1, 0.15) is 112 Å². The van der Waals surface area contributed by atoms with E-state index in [4.69, 9.17) is 10.5 Å². The third kappa shape index (κ3) is 7.56. The smallest absolute Gasteiger partial charge is 0.306 e. The van der Waals surface area contributed by atoms with Crippen molar-refractivity contribution in [2.24, 2.45) is 5.73 Å². The number of ether oxygens (including phenoxy) is 1. The minimum atomic E-state index is -0.0701. The third-order valence-corrected chi connectivity index (χ3v) is 5.70. The first-order valence-corrected chi connectivity index (χ1v) is 10.8. The van der Waals surface area contributed by atoms with Gasteiger partial charge in [0, 0.05) is 30.3 Å². The number of likely N-dealkylation sites (tertiary alicyclic amines) is 1. The molecule has 1 saturated heterocycles. The van der Waals surface area contributed by atoms with Gasteiger partial charge >= 0.3 is 5.97 Å². The van der Waals surface area contributed by atoms with Crippen LogP contribution in [-0.4, -0.2) is 34.2 Å². The molecule has 0 aromatic carbocycles. The van der Waals surface area contributed by atoms with Gasteiger partial charge in [-0.2, -0.15) is 0 Å². The van der Waals surface area contributed by atoms with Crippen molar-refractivity contribution in [1.29, 1.82) is 0 Å². The first kappa shape index (κ1) is 23.4. The van der Waals surface area contributed by atoms with Gasteiger partial charge in [0.2, 0.25) is 0 Å². The average molecular weight is 369 g/mol. The zero-order valence-corrected chi connectivity index (χ0v) is 18.3. The Bertz CT molecular complexity index is 400. The Balaban J connectivity index is 2.32. The summed E-state index contributed by atoms with van der Waals surface area (Å²) >= 11 is 0. The second-order valence-electron chi connectivity index (χ2n) is 9.48. The molecule has 4 heteroatoms. The Hall–Kier alpha value is -0.610. The van der Waals surface area contributed by atoms with Crippen molar-refractivity contribution in [2.45, 2.75) is 136 Å². The van der Waals surface area contributed by atoms with Crippen LogP contribution in [0.2, 0.25) is 0 Å². The number of carbonyl (C=O) groups excluding carboxylic acids is 1. The molecule has 0 spiro atoms. The summed E-state index contributed by atoms with van der Waals surface area (Å²) in [5.41, 5.74) is 6.08. The van der Waals surface area contributed by atoms with Gasteiger partial charge in [-0.05, 0) is 41.0 Å². The van der Waals surface area contributed by atoms with Crippen molar-refractivity contribution >= 4 is 5.97 Å². The van der Waals surface area contributed by atoms with E-state index in [9.17, 15) is 4.79 Å². The van der Waals surface area contributed by atoms with E-state index in [-0.39, 0.29) is 29.3 Å². The monoisotopic (exact) mass is 368 g/mol. The largest absolute Gasteiger partial charge is 0.462 e. The molecular weight excluding hydrogens is 324 g/mol. The normalized spacial score (nSPS) is 21.5. The van der Waals surface area contributed by atoms with Gasteiger partial charge in [-0.3, -0.25) is 9.69 Å². The number of rotatable bonds is 11. The van der Waals surface area contributed by atoms with Crippen molar-refractivity contribution in [3.8, 4) is 0 Å². The van der Waals surface area contributed by atoms with E-state index in [0.717, 1.165) is 25.7 Å². The van der Waals surface area contributed by atoms with Crippen LogP contribution in [0.5, 0.6) is 0 Å². The average Bonchev–Trinajstić information content (AvgIpc) is 2.46. The molecule has 4 nitrogen and oxygen atoms in total. The van der Waals surface area contributed by atoms with Crippen molar-refractivity contribution in [1.82, 2.24) is 4.90 Å². The molecule has 1 heterocycles. The van der Waals surface area contributed by atoms with E-state index in [0.29, 0.717) is 6.42 Å². The van der Waals surface area contributed by atoms with Crippen molar-refractivity contribution in [3.05, 3.63) is 0 Å². The van der Waals surface area contributed by atoms with E-state index < -0.39 is 0 Å². The van der Waals surface area contributed by atoms with Gasteiger partial charge < -0.3 is 10.5 Å². The van der Waals surface area contributed by atoms with Gasteiger partial charge in [0.15, 0.2) is 0 Å². The quantitative estimate of drug-likeness (QED) is 0.392. The molecule has 0 amide bonds. The fraction of sp³-hybridized carbons (Fsp3) is 0.955. The number of unbranched alkanes of at least 4 members (excludes halogenated alkanes) is 7. The van der Waals surface area contributed by atoms with E-state index in [1.165, 1.54) is 38.5 Å². The summed E-state index contributed by atoms with van der Waals surface area (Å²) in [6.45, 7) is 13.1. The molecule has 1 fully saturated rings. The molecule has 0 aliphatic carbocycles. The Morgan fingerprint density at radius 3 is 1.92 bits per heavy atom. The highest BCUT2D eigenvalue weighted by atomic mass is 16.5. The summed E-state index contributed by atoms with van der Waals surface area (Å²) in [6.07, 6.45) is 12.2. The van der Waals surface area contributed by atoms with Crippen molar-refractivity contribution in [3.63, 3.8) is 0 Å². The molecule has 0 radical (unpaired) electrons. The maximum Gasteiger partial charge on any atom is 0.306 e. The summed E-state index contributed by atoms with van der Waals surface area (Å²) in [5.74, 6) is -0.0261. The molecule has 0 aromatic heterocycles. The predicted molar refractivity (Wildman–Crippen MR) is 110 cm³/mol. The fourth-order valence-corrected chi connectivity index (χ4v) is 5.04. The first-order chi connectivity index (χ1) is 12.1. The Morgan fingerprint density at radius 1 is 1.00 bits per heavy atom. The molecule has 154 valence electrons. The highest BCUT2D eigenvalue weighted by Gasteiger charge is 2.47. The van der Waals surface area contributed by atoms with Crippen LogP contribution in [0.4, 0.5) is 0 Å². The zero-order valence-electron chi connectivity index (χ0n) is 18.3. The molecule has 2 N–H and O–H groups in total. The van der Waals surface area contributed by atoms with Crippen LogP contribution in [0, 0.1) is 0 Å². The second kappa shape index (κ2) is 10.7. The van der Waals surface area contributed by atoms with Crippen LogP contribution >= 0.6 is 0 Å². The van der Waals surface area contributed by atoms with Gasteiger partial charge in [-0.25, -0.2) is 0 Å². The molecule has 0 bridgehead atoms. The van der Waals surface area contributed by atoms with Crippen molar-refractivity contribution in [2.75, 3.05) is 0 Å². The Kier molecular flexibility index (Phi) is 9.60. The molecule has 1 atom stereocenters. The molecule has 1 rings (SSSR count). The lowest BCUT2D eigenvalue weighted by molar-refractivity contribution is -0.163. The summed E-state index contributed by atoms with van der Waals surface area (Å²) in [6, 6.07) is 0. The number of carbonyl (C=O) groups is 1. The van der Waals surface area contributed by atoms with Crippen LogP contribution < -0.4 is 5.73 Å². The maximum absolute atomic E-state index is 12.3. The van der Waals surface area contributed by atoms with E-state index in [1.807, 2.05) is 6.92 Å². The number of esters is 1. The molecule has 1 unspecified atom stereocenters. The van der Waals surface area contributed by atoms with Gasteiger partial charge in [0.1, 0.15) is 6.10 Å². The maximum atomic E-state index is 12.3. The summed E-state index contributed by atoms with van der Waals surface area (Å²) < 4.78 is 5.84. The third-order valence-electron chi connectivity index (χ3n) is 5.70. The summed E-state index contributed by atoms with van der Waals surface area (Å²) in [5, 5.41) is 0. The summed E-state index contributed by atoms with van der Waals surface area (Å²) in [7, 11) is 0. The number of hydrogen-bond donors (Lipinski definition) is 1. The minimum absolute atomic E-state index is 0.00320. The molecular formula is C22H44N2O2. The highest BCUT2D eigenvalue weighted by Crippen LogP contribution is 2.40. The number of nitrogens with zero attached hydrogens (tertiary/aromatic N) is 1. The molecule has 0 aromatic rings. The SMILES string of the molecule is CCCCCCCCCCC(=O)OC1CC(C)(C)N(C(C)N)C(C)(C)C1. The fourth-order valence-electron chi connectivity index (χ4n) is 5.04. The number of hydrogen-bond acceptors (Lipinski definition) is 4. The van der Waals surface area contributed by atoms with Gasteiger partial charge in [0.25, 0.3) is 0 Å². The lowest BCUT2D eigenvalue weighted by Gasteiger charge is -2.56. The Labute approximate surface area is 162 Å². The number of piperidine rings is 1. The highest BCUT2D eigenvalue weighted by molar-refractivity contribution is 5.69. The van der Waals surface area contributed by atoms with Gasteiger partial charge in [-0.15, -0.1) is 0 Å². The predicted octanol–water partition coefficient (Wildman–Crippen LogP) is 5.39. The summed E-state index contributed by atoms with van der Waals surface area (Å²) in [4.78, 5) is 14.6. The molecule has 0 saturated carbocycles. The van der Waals surface area contributed by atoms with Gasteiger partial charge in [-0.1, -0.05) is 51.9 Å². The minimum Gasteiger partial charge on any atom is -0.462 e. The van der Waals surface area contributed by atoms with Crippen LogP contribution in [-0.2, 0) is 9.53 Å². The van der Waals surface area contributed by atoms with E-state index in [2.05, 4.69) is 39.5 Å². The van der Waals surface area contributed by atoms with Crippen LogP contribution in [0.25, 0.3) is 0 Å². The van der Waals surface area contributed by atoms with Crippen molar-refractivity contribution < 1.29 is 9.53 Å². The lowest BCUT2D eigenvalue weighted by Crippen LogP contribution is -2.66. The standard InChI is InChI=1S/C22H44N2O2/c1-7-8-9-10-11-12-13-14-15-20(25)26-19-16-21(3,4)24(18(2)23)22(5,6)17-19/h18-19H,7-17,23H2,1-6H3. The first-order valence-electron chi connectivity index (χ1n) is 10.8. The van der Waals surface area contributed by atoms with Crippen LogP contribution in [0.15, 0.2) is 0 Å². The molecule has 1 aliphatic heterocycles. The molecule has 26 heavy (non-hydrogen) atoms. The molecule has 1 aliphatic rings. The zero-order chi connectivity index (χ0) is 19.8. The van der Waals surface area contributed by atoms with Crippen LogP contribution in [0.3, 0.4) is 0 Å². The lowest BCUT2D eigenvalue weighted by atomic mass is 9.77.